The van der Waals surface area contributed by atoms with Gasteiger partial charge in [0.2, 0.25) is 5.95 Å². The minimum atomic E-state index is -1.40. The van der Waals surface area contributed by atoms with Crippen LogP contribution < -0.4 is 16.4 Å². The predicted octanol–water partition coefficient (Wildman–Crippen LogP) is 0.472. The molecule has 3 heterocycles. The van der Waals surface area contributed by atoms with Crippen LogP contribution >= 0.6 is 11.6 Å². The molecule has 1 aliphatic heterocycles. The Bertz CT molecular complexity index is 1110. The number of nitrogens with one attached hydrogen (secondary N) is 2. The number of fused-ring (bicyclic) bond motifs is 1. The van der Waals surface area contributed by atoms with E-state index in [9.17, 15) is 15.0 Å². The number of hydrogen-bond acceptors (Lipinski definition) is 9. The van der Waals surface area contributed by atoms with Crippen molar-refractivity contribution in [3.8, 4) is 0 Å². The average Bonchev–Trinajstić information content (AvgIpc) is 3.31. The zero-order valence-electron chi connectivity index (χ0n) is 17.3. The standard InChI is InChI=1S/C20H24ClN7O4/c1-2-23-18(31)15-13(29)14(30)19(32-15)28-9-25-12-16(22)26-20(27-17(12)28)24-8-7-10-3-5-11(21)6-4-10/h3-6,9,13-15,19,29-30H,2,7-8H2,1H3,(H,23,31)(H3,22,24,26,27)/t13-,14+,15-,19?/m0/s1. The van der Waals surface area contributed by atoms with Crippen LogP contribution in [-0.4, -0.2) is 67.0 Å². The van der Waals surface area contributed by atoms with Gasteiger partial charge in [-0.15, -0.1) is 0 Å². The Kier molecular flexibility index (Phi) is 6.42. The van der Waals surface area contributed by atoms with Gasteiger partial charge >= 0.3 is 0 Å². The largest absolute Gasteiger partial charge is 0.387 e. The number of carbonyl (C=O) groups is 1. The first kappa shape index (κ1) is 22.2. The maximum absolute atomic E-state index is 12.1. The number of amides is 1. The van der Waals surface area contributed by atoms with Crippen molar-refractivity contribution >= 4 is 40.4 Å². The van der Waals surface area contributed by atoms with E-state index < -0.39 is 30.4 Å². The molecule has 0 spiro atoms. The number of halogens is 1. The summed E-state index contributed by atoms with van der Waals surface area (Å²) in [6.45, 7) is 2.66. The number of ether oxygens (including phenoxy) is 1. The molecule has 4 atom stereocenters. The second kappa shape index (κ2) is 9.25. The Hall–Kier alpha value is -2.99. The van der Waals surface area contributed by atoms with Crippen LogP contribution in [-0.2, 0) is 16.0 Å². The van der Waals surface area contributed by atoms with Crippen molar-refractivity contribution < 1.29 is 19.7 Å². The van der Waals surface area contributed by atoms with Gasteiger partial charge in [0.25, 0.3) is 5.91 Å². The van der Waals surface area contributed by atoms with E-state index in [1.165, 1.54) is 10.9 Å². The van der Waals surface area contributed by atoms with E-state index in [1.807, 2.05) is 24.3 Å². The Morgan fingerprint density at radius 2 is 2.00 bits per heavy atom. The minimum Gasteiger partial charge on any atom is -0.387 e. The number of aliphatic hydroxyl groups excluding tert-OH is 2. The topological polar surface area (TPSA) is 160 Å². The lowest BCUT2D eigenvalue weighted by Gasteiger charge is -2.16. The van der Waals surface area contributed by atoms with E-state index in [4.69, 9.17) is 22.1 Å². The number of hydrogen-bond donors (Lipinski definition) is 5. The molecule has 11 nitrogen and oxygen atoms in total. The summed E-state index contributed by atoms with van der Waals surface area (Å²) < 4.78 is 7.10. The summed E-state index contributed by atoms with van der Waals surface area (Å²) in [7, 11) is 0. The smallest absolute Gasteiger partial charge is 0.252 e. The highest BCUT2D eigenvalue weighted by Gasteiger charge is 2.47. The molecule has 170 valence electrons. The van der Waals surface area contributed by atoms with Crippen LogP contribution in [0.3, 0.4) is 0 Å². The van der Waals surface area contributed by atoms with Crippen LogP contribution in [0.15, 0.2) is 30.6 Å². The highest BCUT2D eigenvalue weighted by atomic mass is 35.5. The van der Waals surface area contributed by atoms with Crippen molar-refractivity contribution in [2.75, 3.05) is 24.1 Å². The molecule has 1 saturated heterocycles. The number of anilines is 2. The Morgan fingerprint density at radius 3 is 2.72 bits per heavy atom. The van der Waals surface area contributed by atoms with Crippen molar-refractivity contribution in [2.45, 2.75) is 37.9 Å². The molecule has 1 aliphatic rings. The number of aliphatic hydroxyl groups is 2. The fraction of sp³-hybridized carbons (Fsp3) is 0.400. The van der Waals surface area contributed by atoms with Crippen LogP contribution in [0.1, 0.15) is 18.7 Å². The highest BCUT2D eigenvalue weighted by molar-refractivity contribution is 6.30. The van der Waals surface area contributed by atoms with Gasteiger partial charge in [-0.2, -0.15) is 9.97 Å². The Labute approximate surface area is 188 Å². The molecule has 3 aromatic rings. The van der Waals surface area contributed by atoms with Gasteiger partial charge in [0.1, 0.15) is 17.7 Å². The lowest BCUT2D eigenvalue weighted by Crippen LogP contribution is -2.42. The number of nitrogens with zero attached hydrogens (tertiary/aromatic N) is 4. The predicted molar refractivity (Wildman–Crippen MR) is 118 cm³/mol. The van der Waals surface area contributed by atoms with Gasteiger partial charge < -0.3 is 31.3 Å². The normalized spacial score (nSPS) is 22.9. The van der Waals surface area contributed by atoms with E-state index in [-0.39, 0.29) is 11.8 Å². The number of rotatable bonds is 7. The number of likely N-dealkylation sites (N-methyl/N-ethyl adjacent to an activating group) is 1. The van der Waals surface area contributed by atoms with Gasteiger partial charge in [-0.1, -0.05) is 23.7 Å². The first-order chi connectivity index (χ1) is 15.4. The monoisotopic (exact) mass is 461 g/mol. The maximum Gasteiger partial charge on any atom is 0.252 e. The van der Waals surface area contributed by atoms with Crippen LogP contribution in [0.2, 0.25) is 5.02 Å². The Morgan fingerprint density at radius 1 is 1.25 bits per heavy atom. The van der Waals surface area contributed by atoms with Crippen molar-refractivity contribution in [3.05, 3.63) is 41.2 Å². The lowest BCUT2D eigenvalue weighted by molar-refractivity contribution is -0.137. The first-order valence-corrected chi connectivity index (χ1v) is 10.5. The van der Waals surface area contributed by atoms with E-state index in [2.05, 4.69) is 25.6 Å². The third-order valence-corrected chi connectivity index (χ3v) is 5.43. The molecule has 4 rings (SSSR count). The van der Waals surface area contributed by atoms with Gasteiger partial charge in [0, 0.05) is 18.1 Å². The molecule has 1 aromatic carbocycles. The number of nitrogen functional groups attached to an aromatic ring is 1. The van der Waals surface area contributed by atoms with E-state index in [1.54, 1.807) is 6.92 Å². The lowest BCUT2D eigenvalue weighted by atomic mass is 10.1. The van der Waals surface area contributed by atoms with Crippen LogP contribution in [0.4, 0.5) is 11.8 Å². The van der Waals surface area contributed by atoms with Gasteiger partial charge in [-0.05, 0) is 31.0 Å². The highest BCUT2D eigenvalue weighted by Crippen LogP contribution is 2.32. The zero-order valence-corrected chi connectivity index (χ0v) is 18.0. The molecular formula is C20H24ClN7O4. The molecule has 32 heavy (non-hydrogen) atoms. The number of carbonyl (C=O) groups excluding carboxylic acids is 1. The van der Waals surface area contributed by atoms with Crippen molar-refractivity contribution in [1.82, 2.24) is 24.8 Å². The number of imidazole rings is 1. The van der Waals surface area contributed by atoms with Gasteiger partial charge in [-0.25, -0.2) is 4.98 Å². The summed E-state index contributed by atoms with van der Waals surface area (Å²) in [5.74, 6) is -0.0836. The van der Waals surface area contributed by atoms with Gasteiger partial charge in [0.15, 0.2) is 23.8 Å². The molecule has 1 unspecified atom stereocenters. The molecule has 2 aromatic heterocycles. The molecule has 0 aliphatic carbocycles. The van der Waals surface area contributed by atoms with Crippen molar-refractivity contribution in [2.24, 2.45) is 0 Å². The van der Waals surface area contributed by atoms with Crippen LogP contribution in [0.5, 0.6) is 0 Å². The quantitative estimate of drug-likeness (QED) is 0.337. The summed E-state index contributed by atoms with van der Waals surface area (Å²) in [4.78, 5) is 25.0. The van der Waals surface area contributed by atoms with Crippen molar-refractivity contribution in [3.63, 3.8) is 0 Å². The van der Waals surface area contributed by atoms with E-state index >= 15 is 0 Å². The first-order valence-electron chi connectivity index (χ1n) is 10.2. The molecule has 6 N–H and O–H groups in total. The molecule has 12 heteroatoms. The SMILES string of the molecule is CCNC(=O)[C@H]1OC(n2cnc3c(N)nc(NCCc4ccc(Cl)cc4)nc32)[C@H](O)[C@@H]1O. The fourth-order valence-corrected chi connectivity index (χ4v) is 3.68. The van der Waals surface area contributed by atoms with Gasteiger partial charge in [-0.3, -0.25) is 9.36 Å². The summed E-state index contributed by atoms with van der Waals surface area (Å²) in [6, 6.07) is 7.52. The second-order valence-corrected chi connectivity index (χ2v) is 7.82. The summed E-state index contributed by atoms with van der Waals surface area (Å²) in [5.41, 5.74) is 7.76. The number of benzene rings is 1. The Balaban J connectivity index is 1.54. The number of aromatic nitrogens is 4. The summed E-state index contributed by atoms with van der Waals surface area (Å²) >= 11 is 5.91. The second-order valence-electron chi connectivity index (χ2n) is 7.38. The third-order valence-electron chi connectivity index (χ3n) is 5.18. The molecule has 0 bridgehead atoms. The molecule has 0 radical (unpaired) electrons. The van der Waals surface area contributed by atoms with E-state index in [0.717, 1.165) is 5.56 Å². The molecular weight excluding hydrogens is 438 g/mol. The van der Waals surface area contributed by atoms with Gasteiger partial charge in [0.05, 0.1) is 6.33 Å². The molecule has 0 saturated carbocycles. The minimum absolute atomic E-state index is 0.149. The average molecular weight is 462 g/mol. The zero-order chi connectivity index (χ0) is 22.8. The summed E-state index contributed by atoms with van der Waals surface area (Å²) in [6.07, 6.45) is -2.96. The number of nitrogens with two attached hydrogens (primary N) is 1. The molecule has 1 fully saturated rings. The third kappa shape index (κ3) is 4.32. The van der Waals surface area contributed by atoms with Crippen LogP contribution in [0.25, 0.3) is 11.2 Å². The maximum atomic E-state index is 12.1. The summed E-state index contributed by atoms with van der Waals surface area (Å²) in [5, 5.41) is 27.2. The van der Waals surface area contributed by atoms with E-state index in [0.29, 0.717) is 35.7 Å². The fourth-order valence-electron chi connectivity index (χ4n) is 3.55. The van der Waals surface area contributed by atoms with Crippen LogP contribution in [0, 0.1) is 0 Å². The van der Waals surface area contributed by atoms with Crippen molar-refractivity contribution in [1.29, 1.82) is 0 Å². The molecule has 1 amide bonds.